The van der Waals surface area contributed by atoms with Gasteiger partial charge in [0, 0.05) is 16.3 Å². The van der Waals surface area contributed by atoms with Crippen LogP contribution in [0.4, 0.5) is 5.69 Å². The Bertz CT molecular complexity index is 662. The van der Waals surface area contributed by atoms with Crippen molar-refractivity contribution in [1.82, 2.24) is 0 Å². The first-order valence-corrected chi connectivity index (χ1v) is 7.18. The second-order valence-corrected chi connectivity index (χ2v) is 5.48. The number of benzene rings is 2. The molecule has 2 rings (SSSR count). The van der Waals surface area contributed by atoms with Crippen LogP contribution in [-0.4, -0.2) is 7.11 Å². The quantitative estimate of drug-likeness (QED) is 0.686. The summed E-state index contributed by atoms with van der Waals surface area (Å²) in [6.07, 6.45) is 0. The Labute approximate surface area is 123 Å². The molecule has 20 heavy (non-hydrogen) atoms. The number of nitriles is 1. The summed E-state index contributed by atoms with van der Waals surface area (Å²) in [5.41, 5.74) is 9.44. The standard InChI is InChI=1S/C16H16N2OS/c1-11-3-5-14(18)8-16(11)20-10-12-4-6-15(19-2)13(7-12)9-17/h3-8H,10,18H2,1-2H3. The van der Waals surface area contributed by atoms with Crippen molar-refractivity contribution < 1.29 is 4.74 Å². The molecule has 3 nitrogen and oxygen atoms in total. The van der Waals surface area contributed by atoms with Crippen LogP contribution in [0.15, 0.2) is 41.3 Å². The number of hydrogen-bond acceptors (Lipinski definition) is 4. The van der Waals surface area contributed by atoms with Gasteiger partial charge in [0.2, 0.25) is 0 Å². The highest BCUT2D eigenvalue weighted by Gasteiger charge is 2.05. The van der Waals surface area contributed by atoms with Gasteiger partial charge in [0.15, 0.2) is 0 Å². The van der Waals surface area contributed by atoms with Crippen LogP contribution < -0.4 is 10.5 Å². The number of aryl methyl sites for hydroxylation is 1. The van der Waals surface area contributed by atoms with Crippen molar-refractivity contribution in [2.24, 2.45) is 0 Å². The van der Waals surface area contributed by atoms with Crippen LogP contribution in [0.2, 0.25) is 0 Å². The average molecular weight is 284 g/mol. The van der Waals surface area contributed by atoms with E-state index in [0.717, 1.165) is 17.0 Å². The molecule has 0 saturated carbocycles. The largest absolute Gasteiger partial charge is 0.495 e. The van der Waals surface area contributed by atoms with Gasteiger partial charge in [-0.1, -0.05) is 12.1 Å². The first kappa shape index (κ1) is 14.3. The van der Waals surface area contributed by atoms with Crippen LogP contribution in [0.3, 0.4) is 0 Å². The maximum absolute atomic E-state index is 9.09. The van der Waals surface area contributed by atoms with Gasteiger partial charge in [0.25, 0.3) is 0 Å². The number of ether oxygens (including phenoxy) is 1. The number of nitrogens with zero attached hydrogens (tertiary/aromatic N) is 1. The lowest BCUT2D eigenvalue weighted by atomic mass is 10.1. The number of methoxy groups -OCH3 is 1. The predicted molar refractivity (Wildman–Crippen MR) is 82.9 cm³/mol. The summed E-state index contributed by atoms with van der Waals surface area (Å²) in [4.78, 5) is 1.17. The first-order chi connectivity index (χ1) is 9.63. The molecule has 0 aliphatic carbocycles. The second-order valence-electron chi connectivity index (χ2n) is 4.46. The summed E-state index contributed by atoms with van der Waals surface area (Å²) < 4.78 is 5.14. The molecule has 0 unspecified atom stereocenters. The van der Waals surface area contributed by atoms with Gasteiger partial charge in [-0.25, -0.2) is 0 Å². The van der Waals surface area contributed by atoms with Crippen molar-refractivity contribution in [3.05, 3.63) is 53.1 Å². The molecular formula is C16H16N2OS. The van der Waals surface area contributed by atoms with Gasteiger partial charge >= 0.3 is 0 Å². The van der Waals surface area contributed by atoms with Crippen LogP contribution in [0.1, 0.15) is 16.7 Å². The van der Waals surface area contributed by atoms with E-state index in [4.69, 9.17) is 15.7 Å². The van der Waals surface area contributed by atoms with E-state index in [-0.39, 0.29) is 0 Å². The Morgan fingerprint density at radius 2 is 2.05 bits per heavy atom. The summed E-state index contributed by atoms with van der Waals surface area (Å²) in [6, 6.07) is 13.7. The Kier molecular flexibility index (Phi) is 4.54. The van der Waals surface area contributed by atoms with Crippen LogP contribution >= 0.6 is 11.8 Å². The van der Waals surface area contributed by atoms with Gasteiger partial charge in [-0.2, -0.15) is 5.26 Å². The summed E-state index contributed by atoms with van der Waals surface area (Å²) >= 11 is 1.72. The Hall–Kier alpha value is -2.12. The third-order valence-corrected chi connectivity index (χ3v) is 4.22. The molecule has 2 aromatic carbocycles. The second kappa shape index (κ2) is 6.36. The molecular weight excluding hydrogens is 268 g/mol. The number of rotatable bonds is 4. The van der Waals surface area contributed by atoms with Crippen molar-refractivity contribution in [1.29, 1.82) is 5.26 Å². The molecule has 2 aromatic rings. The molecule has 4 heteroatoms. The van der Waals surface area contributed by atoms with E-state index in [1.165, 1.54) is 10.5 Å². The van der Waals surface area contributed by atoms with Crippen molar-refractivity contribution in [2.45, 2.75) is 17.6 Å². The summed E-state index contributed by atoms with van der Waals surface area (Å²) in [6.45, 7) is 2.07. The summed E-state index contributed by atoms with van der Waals surface area (Å²) in [5.74, 6) is 1.41. The minimum Gasteiger partial charge on any atom is -0.495 e. The van der Waals surface area contributed by atoms with Crippen LogP contribution in [0.25, 0.3) is 0 Å². The van der Waals surface area contributed by atoms with Gasteiger partial charge in [0.05, 0.1) is 12.7 Å². The highest BCUT2D eigenvalue weighted by molar-refractivity contribution is 7.98. The minimum atomic E-state index is 0.565. The number of hydrogen-bond donors (Lipinski definition) is 1. The maximum atomic E-state index is 9.09. The number of anilines is 1. The molecule has 0 atom stereocenters. The lowest BCUT2D eigenvalue weighted by molar-refractivity contribution is 0.413. The van der Waals surface area contributed by atoms with Crippen LogP contribution in [-0.2, 0) is 5.75 Å². The Balaban J connectivity index is 2.15. The fourth-order valence-corrected chi connectivity index (χ4v) is 2.88. The molecule has 2 N–H and O–H groups in total. The topological polar surface area (TPSA) is 59.0 Å². The van der Waals surface area contributed by atoms with Crippen molar-refractivity contribution in [2.75, 3.05) is 12.8 Å². The molecule has 0 bridgehead atoms. The van der Waals surface area contributed by atoms with Gasteiger partial charge in [-0.15, -0.1) is 11.8 Å². The number of nitrogens with two attached hydrogens (primary N) is 1. The van der Waals surface area contributed by atoms with E-state index in [9.17, 15) is 0 Å². The van der Waals surface area contributed by atoms with Crippen LogP contribution in [0, 0.1) is 18.3 Å². The third-order valence-electron chi connectivity index (χ3n) is 2.99. The summed E-state index contributed by atoms with van der Waals surface area (Å²) in [5, 5.41) is 9.09. The fraction of sp³-hybridized carbons (Fsp3) is 0.188. The third kappa shape index (κ3) is 3.25. The number of thioether (sulfide) groups is 1. The first-order valence-electron chi connectivity index (χ1n) is 6.20. The molecule has 0 saturated heterocycles. The average Bonchev–Trinajstić information content (AvgIpc) is 2.47. The highest BCUT2D eigenvalue weighted by atomic mass is 32.2. The number of nitrogen functional groups attached to an aromatic ring is 1. The van der Waals surface area contributed by atoms with E-state index >= 15 is 0 Å². The van der Waals surface area contributed by atoms with E-state index in [1.54, 1.807) is 18.9 Å². The smallest absolute Gasteiger partial charge is 0.136 e. The molecule has 0 radical (unpaired) electrons. The molecule has 0 aliphatic rings. The van der Waals surface area contributed by atoms with Gasteiger partial charge in [-0.3, -0.25) is 0 Å². The molecule has 0 amide bonds. The van der Waals surface area contributed by atoms with Gasteiger partial charge in [0.1, 0.15) is 11.8 Å². The fourth-order valence-electron chi connectivity index (χ4n) is 1.87. The van der Waals surface area contributed by atoms with Gasteiger partial charge in [-0.05, 0) is 42.3 Å². The molecule has 0 spiro atoms. The Morgan fingerprint density at radius 1 is 1.25 bits per heavy atom. The maximum Gasteiger partial charge on any atom is 0.136 e. The summed E-state index contributed by atoms with van der Waals surface area (Å²) in [7, 11) is 1.57. The molecule has 102 valence electrons. The highest BCUT2D eigenvalue weighted by Crippen LogP contribution is 2.29. The molecule has 0 aliphatic heterocycles. The lowest BCUT2D eigenvalue weighted by Crippen LogP contribution is -1.91. The van der Waals surface area contributed by atoms with Crippen molar-refractivity contribution in [3.8, 4) is 11.8 Å². The van der Waals surface area contributed by atoms with E-state index in [1.807, 2.05) is 36.4 Å². The molecule has 0 heterocycles. The van der Waals surface area contributed by atoms with Gasteiger partial charge < -0.3 is 10.5 Å². The Morgan fingerprint density at radius 3 is 2.75 bits per heavy atom. The van der Waals surface area contributed by atoms with Crippen molar-refractivity contribution >= 4 is 17.4 Å². The van der Waals surface area contributed by atoms with Crippen molar-refractivity contribution in [3.63, 3.8) is 0 Å². The molecule has 0 aromatic heterocycles. The van der Waals surface area contributed by atoms with E-state index < -0.39 is 0 Å². The van der Waals surface area contributed by atoms with E-state index in [0.29, 0.717) is 11.3 Å². The normalized spacial score (nSPS) is 10.1. The minimum absolute atomic E-state index is 0.565. The van der Waals surface area contributed by atoms with E-state index in [2.05, 4.69) is 13.0 Å². The SMILES string of the molecule is COc1ccc(CSc2cc(N)ccc2C)cc1C#N. The predicted octanol–water partition coefficient (Wildman–Crippen LogP) is 3.75. The molecule has 0 fully saturated rings. The monoisotopic (exact) mass is 284 g/mol. The lowest BCUT2D eigenvalue weighted by Gasteiger charge is -2.08. The van der Waals surface area contributed by atoms with Crippen LogP contribution in [0.5, 0.6) is 5.75 Å². The zero-order valence-corrected chi connectivity index (χ0v) is 12.3. The zero-order chi connectivity index (χ0) is 14.5. The zero-order valence-electron chi connectivity index (χ0n) is 11.5.